The SMILES string of the molecule is CCOC(=O)N1CCC(Nc2nc(-c3ccc(C(=O)NCC[C@H](C)CC(=O)NCC#N)cc3)cs2)CC1. The number of aromatic nitrogens is 1. The highest BCUT2D eigenvalue weighted by Crippen LogP contribution is 2.27. The molecule has 0 aliphatic carbocycles. The number of ether oxygens (including phenoxy) is 1. The second-order valence-corrected chi connectivity index (χ2v) is 9.87. The summed E-state index contributed by atoms with van der Waals surface area (Å²) in [4.78, 5) is 42.4. The summed E-state index contributed by atoms with van der Waals surface area (Å²) in [7, 11) is 0. The number of amides is 3. The van der Waals surface area contributed by atoms with Crippen molar-refractivity contribution in [3.05, 3.63) is 35.2 Å². The highest BCUT2D eigenvalue weighted by Gasteiger charge is 2.24. The number of nitrogens with zero attached hydrogens (tertiary/aromatic N) is 3. The summed E-state index contributed by atoms with van der Waals surface area (Å²) in [5.74, 6) is -0.225. The molecule has 1 fully saturated rings. The molecule has 0 bridgehead atoms. The maximum atomic E-state index is 12.5. The molecule has 3 N–H and O–H groups in total. The molecule has 198 valence electrons. The van der Waals surface area contributed by atoms with E-state index in [0.717, 1.165) is 29.2 Å². The molecular weight excluding hydrogens is 492 g/mol. The number of anilines is 1. The minimum Gasteiger partial charge on any atom is -0.450 e. The van der Waals surface area contributed by atoms with Gasteiger partial charge in [-0.1, -0.05) is 19.1 Å². The molecule has 10 nitrogen and oxygen atoms in total. The molecule has 3 rings (SSSR count). The number of likely N-dealkylation sites (tertiary alicyclic amines) is 1. The van der Waals surface area contributed by atoms with Crippen molar-refractivity contribution in [1.82, 2.24) is 20.5 Å². The molecule has 1 saturated heterocycles. The summed E-state index contributed by atoms with van der Waals surface area (Å²) in [5.41, 5.74) is 2.33. The van der Waals surface area contributed by atoms with Crippen LogP contribution in [-0.4, -0.2) is 66.6 Å². The monoisotopic (exact) mass is 526 g/mol. The predicted molar refractivity (Wildman–Crippen MR) is 142 cm³/mol. The lowest BCUT2D eigenvalue weighted by molar-refractivity contribution is -0.121. The van der Waals surface area contributed by atoms with E-state index in [1.54, 1.807) is 17.0 Å². The van der Waals surface area contributed by atoms with Crippen LogP contribution >= 0.6 is 11.3 Å². The molecule has 1 aromatic heterocycles. The van der Waals surface area contributed by atoms with E-state index in [0.29, 0.717) is 44.6 Å². The van der Waals surface area contributed by atoms with Crippen LogP contribution in [0.4, 0.5) is 9.93 Å². The number of thiazole rings is 1. The number of carbonyl (C=O) groups excluding carboxylic acids is 3. The molecule has 37 heavy (non-hydrogen) atoms. The van der Waals surface area contributed by atoms with Crippen LogP contribution in [0.15, 0.2) is 29.6 Å². The van der Waals surface area contributed by atoms with Crippen LogP contribution in [0.5, 0.6) is 0 Å². The van der Waals surface area contributed by atoms with Crippen LogP contribution in [0.25, 0.3) is 11.3 Å². The van der Waals surface area contributed by atoms with Crippen LogP contribution in [0.2, 0.25) is 0 Å². The van der Waals surface area contributed by atoms with Crippen LogP contribution in [-0.2, 0) is 9.53 Å². The van der Waals surface area contributed by atoms with Gasteiger partial charge in [0.2, 0.25) is 5.91 Å². The Morgan fingerprint density at radius 1 is 1.22 bits per heavy atom. The molecular formula is C26H34N6O4S. The van der Waals surface area contributed by atoms with Crippen molar-refractivity contribution < 1.29 is 19.1 Å². The number of carbonyl (C=O) groups is 3. The lowest BCUT2D eigenvalue weighted by Crippen LogP contribution is -2.42. The Balaban J connectivity index is 1.43. The smallest absolute Gasteiger partial charge is 0.409 e. The molecule has 0 unspecified atom stereocenters. The van der Waals surface area contributed by atoms with Gasteiger partial charge in [0.1, 0.15) is 6.54 Å². The zero-order valence-corrected chi connectivity index (χ0v) is 22.1. The average Bonchev–Trinajstić information content (AvgIpc) is 3.36. The minimum atomic E-state index is -0.249. The van der Waals surface area contributed by atoms with Gasteiger partial charge in [-0.25, -0.2) is 9.78 Å². The number of hydrogen-bond acceptors (Lipinski definition) is 8. The van der Waals surface area contributed by atoms with E-state index in [1.165, 1.54) is 11.3 Å². The maximum Gasteiger partial charge on any atom is 0.409 e. The molecule has 1 aromatic carbocycles. The molecule has 2 aromatic rings. The standard InChI is InChI=1S/C26H34N6O4S/c1-3-36-26(35)32-14-9-21(10-15-32)30-25-31-22(17-37-25)19-4-6-20(7-5-19)24(34)29-12-8-18(2)16-23(33)28-13-11-27/h4-7,17-18,21H,3,8-10,12-16H2,1-2H3,(H,28,33)(H,29,34)(H,30,31)/t18-/m0/s1. The summed E-state index contributed by atoms with van der Waals surface area (Å²) in [6, 6.07) is 9.46. The summed E-state index contributed by atoms with van der Waals surface area (Å²) in [6.07, 6.45) is 2.42. The topological polar surface area (TPSA) is 136 Å². The molecule has 3 amide bonds. The molecule has 1 aliphatic heterocycles. The van der Waals surface area contributed by atoms with Gasteiger partial charge in [0, 0.05) is 48.6 Å². The van der Waals surface area contributed by atoms with Crippen molar-refractivity contribution in [3.8, 4) is 17.3 Å². The van der Waals surface area contributed by atoms with E-state index >= 15 is 0 Å². The van der Waals surface area contributed by atoms with Crippen LogP contribution in [0.3, 0.4) is 0 Å². The van der Waals surface area contributed by atoms with Gasteiger partial charge in [0.05, 0.1) is 18.4 Å². The Kier molecular flexibility index (Phi) is 10.7. The Morgan fingerprint density at radius 3 is 2.62 bits per heavy atom. The van der Waals surface area contributed by atoms with E-state index in [1.807, 2.05) is 37.4 Å². The minimum absolute atomic E-state index is 0.00887. The molecule has 1 atom stereocenters. The summed E-state index contributed by atoms with van der Waals surface area (Å²) < 4.78 is 5.07. The van der Waals surface area contributed by atoms with Crippen molar-refractivity contribution in [3.63, 3.8) is 0 Å². The zero-order valence-electron chi connectivity index (χ0n) is 21.3. The molecule has 0 spiro atoms. The molecule has 2 heterocycles. The van der Waals surface area contributed by atoms with Gasteiger partial charge in [-0.15, -0.1) is 11.3 Å². The van der Waals surface area contributed by atoms with Crippen molar-refractivity contribution in [2.75, 3.05) is 38.1 Å². The molecule has 1 aliphatic rings. The fourth-order valence-electron chi connectivity index (χ4n) is 4.02. The van der Waals surface area contributed by atoms with Crippen molar-refractivity contribution in [2.45, 2.75) is 45.6 Å². The lowest BCUT2D eigenvalue weighted by atomic mass is 10.0. The third kappa shape index (κ3) is 8.75. The Morgan fingerprint density at radius 2 is 1.95 bits per heavy atom. The first kappa shape index (κ1) is 27.9. The van der Waals surface area contributed by atoms with E-state index in [9.17, 15) is 14.4 Å². The third-order valence-electron chi connectivity index (χ3n) is 6.12. The Bertz CT molecular complexity index is 1090. The quantitative estimate of drug-likeness (QED) is 0.380. The third-order valence-corrected chi connectivity index (χ3v) is 6.89. The normalized spacial score (nSPS) is 14.4. The van der Waals surface area contributed by atoms with Crippen molar-refractivity contribution >= 4 is 34.4 Å². The van der Waals surface area contributed by atoms with Gasteiger partial charge in [-0.3, -0.25) is 9.59 Å². The first-order valence-electron chi connectivity index (χ1n) is 12.6. The van der Waals surface area contributed by atoms with Crippen LogP contribution in [0, 0.1) is 17.2 Å². The van der Waals surface area contributed by atoms with Crippen LogP contribution < -0.4 is 16.0 Å². The Labute approximate surface area is 221 Å². The van der Waals surface area contributed by atoms with E-state index in [2.05, 4.69) is 16.0 Å². The second kappa shape index (κ2) is 14.2. The number of benzene rings is 1. The largest absolute Gasteiger partial charge is 0.450 e. The van der Waals surface area contributed by atoms with E-state index < -0.39 is 0 Å². The number of nitriles is 1. The number of hydrogen-bond donors (Lipinski definition) is 3. The fraction of sp³-hybridized carbons (Fsp3) is 0.500. The fourth-order valence-corrected chi connectivity index (χ4v) is 4.82. The van der Waals surface area contributed by atoms with Gasteiger partial charge in [-0.05, 0) is 44.2 Å². The van der Waals surface area contributed by atoms with Crippen molar-refractivity contribution in [1.29, 1.82) is 5.26 Å². The molecule has 0 saturated carbocycles. The van der Waals surface area contributed by atoms with Gasteiger partial charge in [-0.2, -0.15) is 5.26 Å². The molecule has 11 heteroatoms. The zero-order chi connectivity index (χ0) is 26.6. The summed E-state index contributed by atoms with van der Waals surface area (Å²) in [6.45, 7) is 5.93. The van der Waals surface area contributed by atoms with Crippen molar-refractivity contribution in [2.24, 2.45) is 5.92 Å². The maximum absolute atomic E-state index is 12.5. The highest BCUT2D eigenvalue weighted by molar-refractivity contribution is 7.14. The van der Waals surface area contributed by atoms with Gasteiger partial charge in [0.15, 0.2) is 5.13 Å². The van der Waals surface area contributed by atoms with E-state index in [-0.39, 0.29) is 36.4 Å². The van der Waals surface area contributed by atoms with Crippen LogP contribution in [0.1, 0.15) is 49.9 Å². The average molecular weight is 527 g/mol. The number of piperidine rings is 1. The second-order valence-electron chi connectivity index (χ2n) is 9.01. The van der Waals surface area contributed by atoms with Gasteiger partial charge < -0.3 is 25.6 Å². The highest BCUT2D eigenvalue weighted by atomic mass is 32.1. The first-order chi connectivity index (χ1) is 17.9. The summed E-state index contributed by atoms with van der Waals surface area (Å²) in [5, 5.41) is 20.2. The van der Waals surface area contributed by atoms with E-state index in [4.69, 9.17) is 15.0 Å². The first-order valence-corrected chi connectivity index (χ1v) is 13.4. The van der Waals surface area contributed by atoms with Gasteiger partial charge in [0.25, 0.3) is 5.91 Å². The van der Waals surface area contributed by atoms with Gasteiger partial charge >= 0.3 is 6.09 Å². The number of rotatable bonds is 11. The Hall–Kier alpha value is -3.65. The number of nitrogens with one attached hydrogen (secondary N) is 3. The molecule has 0 radical (unpaired) electrons. The summed E-state index contributed by atoms with van der Waals surface area (Å²) >= 11 is 1.53. The lowest BCUT2D eigenvalue weighted by Gasteiger charge is -2.31. The predicted octanol–water partition coefficient (Wildman–Crippen LogP) is 3.63.